The smallest absolute Gasteiger partial charge is 0.322 e. The molecule has 1 aromatic rings. The van der Waals surface area contributed by atoms with E-state index in [0.717, 1.165) is 24.8 Å². The summed E-state index contributed by atoms with van der Waals surface area (Å²) in [7, 11) is 1.32. The monoisotopic (exact) mass is 299 g/mol. The van der Waals surface area contributed by atoms with Gasteiger partial charge in [-0.05, 0) is 30.5 Å². The molecule has 20 heavy (non-hydrogen) atoms. The van der Waals surface area contributed by atoms with E-state index in [-0.39, 0.29) is 0 Å². The number of ether oxygens (including phenoxy) is 2. The van der Waals surface area contributed by atoms with Gasteiger partial charge < -0.3 is 15.2 Å². The molecule has 0 heterocycles. The van der Waals surface area contributed by atoms with Crippen LogP contribution in [-0.4, -0.2) is 25.7 Å². The van der Waals surface area contributed by atoms with Gasteiger partial charge in [-0.3, -0.25) is 4.79 Å². The van der Waals surface area contributed by atoms with Crippen LogP contribution in [0.4, 0.5) is 0 Å². The molecule has 1 rings (SSSR count). The Labute approximate surface area is 125 Å². The van der Waals surface area contributed by atoms with E-state index >= 15 is 0 Å². The summed E-state index contributed by atoms with van der Waals surface area (Å²) in [5, 5.41) is 0.538. The summed E-state index contributed by atoms with van der Waals surface area (Å²) in [6, 6.07) is 4.78. The second-order valence-corrected chi connectivity index (χ2v) is 5.06. The normalized spacial score (nSPS) is 12.0. The topological polar surface area (TPSA) is 61.5 Å². The van der Waals surface area contributed by atoms with Gasteiger partial charge in [0.05, 0.1) is 18.7 Å². The van der Waals surface area contributed by atoms with E-state index in [1.54, 1.807) is 6.07 Å². The summed E-state index contributed by atoms with van der Waals surface area (Å²) in [5.41, 5.74) is 6.60. The van der Waals surface area contributed by atoms with E-state index < -0.39 is 12.0 Å². The Bertz CT molecular complexity index is 437. The molecule has 0 amide bonds. The number of hydrogen-bond donors (Lipinski definition) is 1. The third-order valence-corrected chi connectivity index (χ3v) is 3.26. The molecule has 4 nitrogen and oxygen atoms in total. The van der Waals surface area contributed by atoms with E-state index in [9.17, 15) is 4.79 Å². The zero-order chi connectivity index (χ0) is 15.0. The van der Waals surface area contributed by atoms with Crippen LogP contribution < -0.4 is 10.5 Å². The van der Waals surface area contributed by atoms with Gasteiger partial charge in [0.1, 0.15) is 11.8 Å². The van der Waals surface area contributed by atoms with Crippen LogP contribution in [0.2, 0.25) is 5.02 Å². The highest BCUT2D eigenvalue weighted by Gasteiger charge is 2.15. The minimum Gasteiger partial charge on any atom is -0.492 e. The van der Waals surface area contributed by atoms with Gasteiger partial charge in [-0.25, -0.2) is 0 Å². The molecule has 0 radical (unpaired) electrons. The molecule has 1 aromatic carbocycles. The first-order valence-electron chi connectivity index (χ1n) is 6.83. The standard InChI is InChI=1S/C15H22ClNO3/c1-3-4-5-8-20-14-7-6-11(9-12(14)16)10-13(17)15(18)19-2/h6-7,9,13H,3-5,8,10,17H2,1-2H3. The Morgan fingerprint density at radius 2 is 2.15 bits per heavy atom. The van der Waals surface area contributed by atoms with Gasteiger partial charge in [-0.2, -0.15) is 0 Å². The highest BCUT2D eigenvalue weighted by molar-refractivity contribution is 6.32. The van der Waals surface area contributed by atoms with Crippen molar-refractivity contribution in [3.8, 4) is 5.75 Å². The van der Waals surface area contributed by atoms with E-state index in [2.05, 4.69) is 11.7 Å². The lowest BCUT2D eigenvalue weighted by Gasteiger charge is -2.12. The first kappa shape index (κ1) is 16.8. The van der Waals surface area contributed by atoms with Crippen LogP contribution in [0, 0.1) is 0 Å². The number of benzene rings is 1. The third-order valence-electron chi connectivity index (χ3n) is 2.96. The number of nitrogens with two attached hydrogens (primary N) is 1. The van der Waals surface area contributed by atoms with Crippen molar-refractivity contribution in [1.82, 2.24) is 0 Å². The number of rotatable bonds is 8. The molecule has 1 atom stereocenters. The number of carbonyl (C=O) groups excluding carboxylic acids is 1. The second-order valence-electron chi connectivity index (χ2n) is 4.65. The van der Waals surface area contributed by atoms with Gasteiger partial charge in [0.15, 0.2) is 0 Å². The van der Waals surface area contributed by atoms with Crippen molar-refractivity contribution in [1.29, 1.82) is 0 Å². The van der Waals surface area contributed by atoms with Crippen LogP contribution in [0.3, 0.4) is 0 Å². The van der Waals surface area contributed by atoms with Crippen LogP contribution in [0.5, 0.6) is 5.75 Å². The quantitative estimate of drug-likeness (QED) is 0.592. The summed E-state index contributed by atoms with van der Waals surface area (Å²) in [4.78, 5) is 11.3. The van der Waals surface area contributed by atoms with E-state index in [0.29, 0.717) is 23.8 Å². The third kappa shape index (κ3) is 5.39. The van der Waals surface area contributed by atoms with Gasteiger partial charge in [0.2, 0.25) is 0 Å². The Hall–Kier alpha value is -1.26. The zero-order valence-corrected chi connectivity index (χ0v) is 12.8. The molecule has 0 saturated carbocycles. The Morgan fingerprint density at radius 1 is 1.40 bits per heavy atom. The van der Waals surface area contributed by atoms with E-state index in [1.807, 2.05) is 12.1 Å². The van der Waals surface area contributed by atoms with E-state index in [4.69, 9.17) is 22.1 Å². The average molecular weight is 300 g/mol. The number of carbonyl (C=O) groups is 1. The Morgan fingerprint density at radius 3 is 2.75 bits per heavy atom. The molecule has 0 fully saturated rings. The fourth-order valence-electron chi connectivity index (χ4n) is 1.81. The van der Waals surface area contributed by atoms with Crippen molar-refractivity contribution in [2.45, 2.75) is 38.6 Å². The fraction of sp³-hybridized carbons (Fsp3) is 0.533. The molecular formula is C15H22ClNO3. The van der Waals surface area contributed by atoms with Crippen LogP contribution in [0.1, 0.15) is 31.7 Å². The van der Waals surface area contributed by atoms with Gasteiger partial charge in [-0.15, -0.1) is 0 Å². The number of hydrogen-bond acceptors (Lipinski definition) is 4. The minimum atomic E-state index is -0.674. The average Bonchev–Trinajstić information content (AvgIpc) is 2.44. The molecule has 2 N–H and O–H groups in total. The Kier molecular flexibility index (Phi) is 7.41. The summed E-state index contributed by atoms with van der Waals surface area (Å²) in [5.74, 6) is 0.235. The maximum absolute atomic E-state index is 11.3. The highest BCUT2D eigenvalue weighted by atomic mass is 35.5. The summed E-state index contributed by atoms with van der Waals surface area (Å²) < 4.78 is 10.2. The molecule has 0 spiro atoms. The van der Waals surface area contributed by atoms with Crippen LogP contribution in [-0.2, 0) is 16.0 Å². The summed E-state index contributed by atoms with van der Waals surface area (Å²) >= 11 is 6.16. The van der Waals surface area contributed by atoms with Crippen molar-refractivity contribution in [2.75, 3.05) is 13.7 Å². The summed E-state index contributed by atoms with van der Waals surface area (Å²) in [6.45, 7) is 2.81. The number of halogens is 1. The largest absolute Gasteiger partial charge is 0.492 e. The maximum atomic E-state index is 11.3. The first-order chi connectivity index (χ1) is 9.58. The minimum absolute atomic E-state index is 0.391. The SMILES string of the molecule is CCCCCOc1ccc(CC(N)C(=O)OC)cc1Cl. The molecule has 5 heteroatoms. The highest BCUT2D eigenvalue weighted by Crippen LogP contribution is 2.26. The van der Waals surface area contributed by atoms with Crippen LogP contribution >= 0.6 is 11.6 Å². The van der Waals surface area contributed by atoms with Gasteiger partial charge in [0.25, 0.3) is 0 Å². The molecular weight excluding hydrogens is 278 g/mol. The molecule has 0 bridgehead atoms. The molecule has 0 aromatic heterocycles. The summed E-state index contributed by atoms with van der Waals surface area (Å²) in [6.07, 6.45) is 3.70. The van der Waals surface area contributed by atoms with Crippen molar-refractivity contribution in [3.05, 3.63) is 28.8 Å². The van der Waals surface area contributed by atoms with E-state index in [1.165, 1.54) is 7.11 Å². The predicted octanol–water partition coefficient (Wildman–Crippen LogP) is 2.95. The van der Waals surface area contributed by atoms with Crippen molar-refractivity contribution >= 4 is 17.6 Å². The molecule has 112 valence electrons. The molecule has 0 aliphatic heterocycles. The lowest BCUT2D eigenvalue weighted by atomic mass is 10.1. The molecule has 0 aliphatic rings. The number of esters is 1. The molecule has 0 aliphatic carbocycles. The predicted molar refractivity (Wildman–Crippen MR) is 80.2 cm³/mol. The van der Waals surface area contributed by atoms with Crippen molar-refractivity contribution in [3.63, 3.8) is 0 Å². The number of unbranched alkanes of at least 4 members (excludes halogenated alkanes) is 2. The van der Waals surface area contributed by atoms with Gasteiger partial charge >= 0.3 is 5.97 Å². The lowest BCUT2D eigenvalue weighted by Crippen LogP contribution is -2.33. The van der Waals surface area contributed by atoms with Crippen LogP contribution in [0.15, 0.2) is 18.2 Å². The second kappa shape index (κ2) is 8.82. The van der Waals surface area contributed by atoms with Gasteiger partial charge in [0, 0.05) is 0 Å². The maximum Gasteiger partial charge on any atom is 0.322 e. The first-order valence-corrected chi connectivity index (χ1v) is 7.21. The lowest BCUT2D eigenvalue weighted by molar-refractivity contribution is -0.142. The fourth-order valence-corrected chi connectivity index (χ4v) is 2.07. The Balaban J connectivity index is 2.56. The van der Waals surface area contributed by atoms with Crippen LogP contribution in [0.25, 0.3) is 0 Å². The van der Waals surface area contributed by atoms with Crippen molar-refractivity contribution < 1.29 is 14.3 Å². The van der Waals surface area contributed by atoms with Crippen molar-refractivity contribution in [2.24, 2.45) is 5.73 Å². The number of methoxy groups -OCH3 is 1. The molecule has 0 saturated heterocycles. The zero-order valence-electron chi connectivity index (χ0n) is 12.0. The molecule has 1 unspecified atom stereocenters. The van der Waals surface area contributed by atoms with Gasteiger partial charge in [-0.1, -0.05) is 37.4 Å².